The van der Waals surface area contributed by atoms with E-state index in [9.17, 15) is 17.2 Å². The van der Waals surface area contributed by atoms with Gasteiger partial charge in [-0.25, -0.2) is 13.1 Å². The molecule has 1 aromatic heterocycles. The van der Waals surface area contributed by atoms with Crippen LogP contribution in [-0.4, -0.2) is 74.9 Å². The fourth-order valence-electron chi connectivity index (χ4n) is 3.61. The first-order valence-electron chi connectivity index (χ1n) is 9.56. The number of hydrogen-bond acceptors (Lipinski definition) is 7. The van der Waals surface area contributed by atoms with Crippen molar-refractivity contribution in [2.75, 3.05) is 47.5 Å². The number of piperazine rings is 1. The molecule has 172 valence electrons. The summed E-state index contributed by atoms with van der Waals surface area (Å²) in [5.74, 6) is 1.60. The SMILES string of the molecule is COc1cc(CN2CCN(S(=O)(=O)c3cnn(C(F)F)c3C)CC2)cc(OC)c1OC. The Bertz CT molecular complexity index is 995. The highest BCUT2D eigenvalue weighted by atomic mass is 32.2. The number of sulfonamides is 1. The lowest BCUT2D eigenvalue weighted by molar-refractivity contribution is 0.0541. The molecule has 2 heterocycles. The van der Waals surface area contributed by atoms with Crippen molar-refractivity contribution >= 4 is 10.0 Å². The Labute approximate surface area is 180 Å². The summed E-state index contributed by atoms with van der Waals surface area (Å²) in [5.41, 5.74) is 0.856. The van der Waals surface area contributed by atoms with Crippen LogP contribution in [0, 0.1) is 6.92 Å². The Morgan fingerprint density at radius 1 is 1.03 bits per heavy atom. The normalized spacial score (nSPS) is 16.0. The number of hydrogen-bond donors (Lipinski definition) is 0. The molecule has 1 aromatic carbocycles. The topological polar surface area (TPSA) is 86.1 Å². The summed E-state index contributed by atoms with van der Waals surface area (Å²) < 4.78 is 69.5. The number of ether oxygens (including phenoxy) is 3. The number of rotatable bonds is 8. The highest BCUT2D eigenvalue weighted by molar-refractivity contribution is 7.89. The molecule has 2 aromatic rings. The average molecular weight is 461 g/mol. The van der Waals surface area contributed by atoms with Crippen LogP contribution in [0.2, 0.25) is 0 Å². The minimum absolute atomic E-state index is 0.0742. The molecule has 0 saturated carbocycles. The van der Waals surface area contributed by atoms with Gasteiger partial charge in [-0.05, 0) is 24.6 Å². The Balaban J connectivity index is 1.70. The molecule has 3 rings (SSSR count). The summed E-state index contributed by atoms with van der Waals surface area (Å²) in [7, 11) is 0.725. The highest BCUT2D eigenvalue weighted by Gasteiger charge is 2.32. The molecule has 0 amide bonds. The monoisotopic (exact) mass is 460 g/mol. The summed E-state index contributed by atoms with van der Waals surface area (Å²) in [5, 5.41) is 3.51. The molecule has 0 aliphatic carbocycles. The first-order chi connectivity index (χ1) is 14.7. The quantitative estimate of drug-likeness (QED) is 0.597. The molecule has 1 saturated heterocycles. The van der Waals surface area contributed by atoms with Crippen molar-refractivity contribution in [1.82, 2.24) is 19.0 Å². The first-order valence-corrected chi connectivity index (χ1v) is 11.0. The standard InChI is InChI=1S/C19H26F2N4O5S/c1-13-17(11-22-25(13)19(20)21)31(26,27)24-7-5-23(6-8-24)12-14-9-15(28-2)18(30-4)16(10-14)29-3/h9-11,19H,5-8,12H2,1-4H3. The number of methoxy groups -OCH3 is 3. The van der Waals surface area contributed by atoms with Crippen LogP contribution in [0.25, 0.3) is 0 Å². The number of benzene rings is 1. The van der Waals surface area contributed by atoms with E-state index in [-0.39, 0.29) is 23.7 Å². The van der Waals surface area contributed by atoms with Crippen LogP contribution in [0.4, 0.5) is 8.78 Å². The molecule has 9 nitrogen and oxygen atoms in total. The van der Waals surface area contributed by atoms with Gasteiger partial charge in [-0.1, -0.05) is 0 Å². The highest BCUT2D eigenvalue weighted by Crippen LogP contribution is 2.38. The minimum atomic E-state index is -3.90. The van der Waals surface area contributed by atoms with Gasteiger partial charge in [0, 0.05) is 32.7 Å². The van der Waals surface area contributed by atoms with Crippen molar-refractivity contribution in [1.29, 1.82) is 0 Å². The van der Waals surface area contributed by atoms with E-state index in [1.165, 1.54) is 18.3 Å². The second kappa shape index (κ2) is 9.37. The molecule has 0 radical (unpaired) electrons. The fraction of sp³-hybridized carbons (Fsp3) is 0.526. The van der Waals surface area contributed by atoms with Crippen molar-refractivity contribution in [3.8, 4) is 17.2 Å². The van der Waals surface area contributed by atoms with Crippen molar-refractivity contribution in [2.24, 2.45) is 0 Å². The fourth-order valence-corrected chi connectivity index (χ4v) is 5.18. The van der Waals surface area contributed by atoms with Crippen LogP contribution >= 0.6 is 0 Å². The Morgan fingerprint density at radius 3 is 2.06 bits per heavy atom. The van der Waals surface area contributed by atoms with E-state index in [0.29, 0.717) is 41.6 Å². The largest absolute Gasteiger partial charge is 0.493 e. The molecule has 1 aliphatic heterocycles. The summed E-state index contributed by atoms with van der Waals surface area (Å²) >= 11 is 0. The van der Waals surface area contributed by atoms with Gasteiger partial charge in [0.1, 0.15) is 4.90 Å². The summed E-state index contributed by atoms with van der Waals surface area (Å²) in [6.07, 6.45) is 0.985. The number of halogens is 2. The maximum Gasteiger partial charge on any atom is 0.333 e. The maximum absolute atomic E-state index is 12.9. The van der Waals surface area contributed by atoms with Crippen molar-refractivity contribution in [2.45, 2.75) is 24.9 Å². The molecule has 1 aliphatic rings. The van der Waals surface area contributed by atoms with Gasteiger partial charge >= 0.3 is 6.55 Å². The second-order valence-electron chi connectivity index (χ2n) is 7.03. The third kappa shape index (κ3) is 4.60. The molecule has 0 N–H and O–H groups in total. The Morgan fingerprint density at radius 2 is 1.61 bits per heavy atom. The molecular weight excluding hydrogens is 434 g/mol. The van der Waals surface area contributed by atoms with Crippen LogP contribution in [0.3, 0.4) is 0 Å². The molecule has 0 unspecified atom stereocenters. The molecule has 12 heteroatoms. The lowest BCUT2D eigenvalue weighted by atomic mass is 10.1. The van der Waals surface area contributed by atoms with E-state index in [1.54, 1.807) is 14.2 Å². The van der Waals surface area contributed by atoms with Gasteiger partial charge < -0.3 is 14.2 Å². The third-order valence-electron chi connectivity index (χ3n) is 5.26. The second-order valence-corrected chi connectivity index (χ2v) is 8.94. The van der Waals surface area contributed by atoms with Gasteiger partial charge in [0.2, 0.25) is 15.8 Å². The molecule has 0 spiro atoms. The van der Waals surface area contributed by atoms with Crippen molar-refractivity contribution in [3.63, 3.8) is 0 Å². The predicted molar refractivity (Wildman–Crippen MR) is 108 cm³/mol. The van der Waals surface area contributed by atoms with E-state index in [0.717, 1.165) is 11.8 Å². The van der Waals surface area contributed by atoms with E-state index >= 15 is 0 Å². The minimum Gasteiger partial charge on any atom is -0.493 e. The predicted octanol–water partition coefficient (Wildman–Crippen LogP) is 2.12. The van der Waals surface area contributed by atoms with Crippen molar-refractivity contribution < 1.29 is 31.4 Å². The van der Waals surface area contributed by atoms with E-state index < -0.39 is 16.6 Å². The maximum atomic E-state index is 12.9. The lowest BCUT2D eigenvalue weighted by Crippen LogP contribution is -2.48. The van der Waals surface area contributed by atoms with Crippen LogP contribution in [0.15, 0.2) is 23.2 Å². The van der Waals surface area contributed by atoms with Gasteiger partial charge in [-0.3, -0.25) is 4.90 Å². The molecule has 0 bridgehead atoms. The van der Waals surface area contributed by atoms with E-state index in [1.807, 2.05) is 12.1 Å². The van der Waals surface area contributed by atoms with E-state index in [2.05, 4.69) is 10.00 Å². The molecule has 1 fully saturated rings. The number of aromatic nitrogens is 2. The van der Waals surface area contributed by atoms with Crippen LogP contribution in [0.5, 0.6) is 17.2 Å². The third-order valence-corrected chi connectivity index (χ3v) is 7.27. The van der Waals surface area contributed by atoms with Gasteiger partial charge in [-0.2, -0.15) is 18.2 Å². The Hall–Kier alpha value is -2.44. The molecular formula is C19H26F2N4O5S. The first kappa shape index (κ1) is 23.2. The average Bonchev–Trinajstić information content (AvgIpc) is 3.15. The zero-order chi connectivity index (χ0) is 22.8. The molecule has 0 atom stereocenters. The zero-order valence-electron chi connectivity index (χ0n) is 17.8. The van der Waals surface area contributed by atoms with E-state index in [4.69, 9.17) is 14.2 Å². The molecule has 31 heavy (non-hydrogen) atoms. The smallest absolute Gasteiger partial charge is 0.333 e. The van der Waals surface area contributed by atoms with Gasteiger partial charge in [0.25, 0.3) is 0 Å². The summed E-state index contributed by atoms with van der Waals surface area (Å²) in [6.45, 7) is 0.451. The zero-order valence-corrected chi connectivity index (χ0v) is 18.7. The number of nitrogens with zero attached hydrogens (tertiary/aromatic N) is 4. The van der Waals surface area contributed by atoms with Crippen LogP contribution in [-0.2, 0) is 16.6 Å². The Kier molecular flexibility index (Phi) is 7.02. The van der Waals surface area contributed by atoms with Gasteiger partial charge in [0.05, 0.1) is 33.2 Å². The van der Waals surface area contributed by atoms with Crippen LogP contribution < -0.4 is 14.2 Å². The van der Waals surface area contributed by atoms with Gasteiger partial charge in [-0.15, -0.1) is 0 Å². The number of alkyl halides is 2. The summed E-state index contributed by atoms with van der Waals surface area (Å²) in [6, 6.07) is 3.71. The van der Waals surface area contributed by atoms with Crippen molar-refractivity contribution in [3.05, 3.63) is 29.6 Å². The van der Waals surface area contributed by atoms with Gasteiger partial charge in [0.15, 0.2) is 11.5 Å². The van der Waals surface area contributed by atoms with Crippen LogP contribution in [0.1, 0.15) is 17.8 Å². The lowest BCUT2D eigenvalue weighted by Gasteiger charge is -2.34. The summed E-state index contributed by atoms with van der Waals surface area (Å²) in [4.78, 5) is 1.91.